The molecule has 0 fully saturated rings. The number of aryl methyl sites for hydroxylation is 1. The normalized spacial score (nSPS) is 9.56. The molecule has 0 bridgehead atoms. The lowest BCUT2D eigenvalue weighted by Gasteiger charge is -1.94. The van der Waals surface area contributed by atoms with Crippen LogP contribution < -0.4 is 0 Å². The van der Waals surface area contributed by atoms with E-state index in [1.807, 2.05) is 12.1 Å². The molecule has 9 heavy (non-hydrogen) atoms. The van der Waals surface area contributed by atoms with Crippen molar-refractivity contribution in [1.82, 2.24) is 0 Å². The Labute approximate surface area is 58.0 Å². The Bertz CT molecular complexity index is 176. The molecule has 0 aliphatic heterocycles. The molecule has 0 nitrogen and oxygen atoms in total. The topological polar surface area (TPSA) is 0 Å². The molecule has 1 aromatic carbocycles. The first-order chi connectivity index (χ1) is 4.33. The van der Waals surface area contributed by atoms with E-state index >= 15 is 0 Å². The number of benzene rings is 1. The van der Waals surface area contributed by atoms with Crippen LogP contribution in [0.15, 0.2) is 24.3 Å². The van der Waals surface area contributed by atoms with Gasteiger partial charge in [0.15, 0.2) is 0 Å². The third-order valence-corrected chi connectivity index (χ3v) is 1.43. The molecule has 2 radical (unpaired) electrons. The molecule has 48 valence electrons. The fourth-order valence-electron chi connectivity index (χ4n) is 0.775. The van der Waals surface area contributed by atoms with Gasteiger partial charge < -0.3 is 0 Å². The molecule has 0 atom stereocenters. The highest BCUT2D eigenvalue weighted by molar-refractivity contribution is 5.23. The maximum atomic E-state index is 3.80. The smallest absolute Gasteiger partial charge is 0 e. The lowest BCUT2D eigenvalue weighted by molar-refractivity contribution is 1.14. The van der Waals surface area contributed by atoms with E-state index in [2.05, 4.69) is 26.0 Å². The average molecular weight is 120 g/mol. The van der Waals surface area contributed by atoms with E-state index in [1.165, 1.54) is 5.56 Å². The molecular weight excluding hydrogens is 108 g/mol. The van der Waals surface area contributed by atoms with Crippen molar-refractivity contribution < 1.29 is 1.43 Å². The van der Waals surface area contributed by atoms with E-state index in [9.17, 15) is 0 Å². The van der Waals surface area contributed by atoms with Gasteiger partial charge in [-0.15, -0.1) is 0 Å². The maximum absolute atomic E-state index is 3.80. The summed E-state index contributed by atoms with van der Waals surface area (Å²) in [6, 6.07) is 8.31. The second kappa shape index (κ2) is 2.67. The van der Waals surface area contributed by atoms with Crippen molar-refractivity contribution in [2.24, 2.45) is 0 Å². The third-order valence-electron chi connectivity index (χ3n) is 1.43. The summed E-state index contributed by atoms with van der Waals surface area (Å²) in [4.78, 5) is 0. The minimum atomic E-state index is 0. The van der Waals surface area contributed by atoms with Gasteiger partial charge in [-0.25, -0.2) is 0 Å². The quantitative estimate of drug-likeness (QED) is 0.534. The van der Waals surface area contributed by atoms with Crippen LogP contribution in [0.25, 0.3) is 0 Å². The predicted molar refractivity (Wildman–Crippen MR) is 41.4 cm³/mol. The molecular formula is C9H12. The van der Waals surface area contributed by atoms with Crippen LogP contribution in [0.2, 0.25) is 0 Å². The highest BCUT2D eigenvalue weighted by Crippen LogP contribution is 2.02. The van der Waals surface area contributed by atoms with Crippen LogP contribution in [0.1, 0.15) is 19.5 Å². The predicted octanol–water partition coefficient (Wildman–Crippen LogP) is 2.54. The minimum Gasteiger partial charge on any atom is -0.0613 e. The lowest BCUT2D eigenvalue weighted by Crippen LogP contribution is -1.77. The van der Waals surface area contributed by atoms with E-state index in [-0.39, 0.29) is 1.43 Å². The molecule has 0 N–H and O–H groups in total. The van der Waals surface area contributed by atoms with Gasteiger partial charge in [0, 0.05) is 1.43 Å². The monoisotopic (exact) mass is 120 g/mol. The van der Waals surface area contributed by atoms with Crippen LogP contribution in [-0.2, 0) is 6.42 Å². The Kier molecular flexibility index (Phi) is 1.88. The molecule has 0 aliphatic carbocycles. The molecule has 1 aromatic rings. The highest BCUT2D eigenvalue weighted by Gasteiger charge is 1.84. The summed E-state index contributed by atoms with van der Waals surface area (Å²) < 4.78 is 0. The first-order valence-corrected chi connectivity index (χ1v) is 3.24. The van der Waals surface area contributed by atoms with Gasteiger partial charge in [-0.1, -0.05) is 31.2 Å². The van der Waals surface area contributed by atoms with Gasteiger partial charge in [-0.05, 0) is 24.5 Å². The molecule has 0 heterocycles. The summed E-state index contributed by atoms with van der Waals surface area (Å²) in [5, 5.41) is 0. The van der Waals surface area contributed by atoms with Crippen molar-refractivity contribution >= 4 is 0 Å². The Hall–Kier alpha value is -0.780. The van der Waals surface area contributed by atoms with Crippen molar-refractivity contribution in [3.63, 3.8) is 0 Å². The zero-order chi connectivity index (χ0) is 6.69. The minimum absolute atomic E-state index is 0. The Morgan fingerprint density at radius 1 is 1.33 bits per heavy atom. The number of hydrogen-bond donors (Lipinski definition) is 0. The summed E-state index contributed by atoms with van der Waals surface area (Å²) in [6.45, 7) is 5.95. The molecule has 0 amide bonds. The van der Waals surface area contributed by atoms with Crippen molar-refractivity contribution in [3.8, 4) is 0 Å². The van der Waals surface area contributed by atoms with Crippen LogP contribution in [0.3, 0.4) is 0 Å². The van der Waals surface area contributed by atoms with Crippen LogP contribution in [-0.4, -0.2) is 0 Å². The maximum Gasteiger partial charge on any atom is 0 e. The summed E-state index contributed by atoms with van der Waals surface area (Å²) >= 11 is 0. The molecule has 1 rings (SSSR count). The van der Waals surface area contributed by atoms with E-state index < -0.39 is 0 Å². The summed E-state index contributed by atoms with van der Waals surface area (Å²) in [7, 11) is 0. The lowest BCUT2D eigenvalue weighted by atomic mass is 10.1. The summed E-state index contributed by atoms with van der Waals surface area (Å²) in [5.41, 5.74) is 2.47. The largest absolute Gasteiger partial charge is 0.0613 e. The molecule has 0 unspecified atom stereocenters. The number of hydrogen-bond acceptors (Lipinski definition) is 0. The molecule has 0 aromatic heterocycles. The first-order valence-electron chi connectivity index (χ1n) is 3.24. The zero-order valence-electron chi connectivity index (χ0n) is 6.72. The average Bonchev–Trinajstić information content (AvgIpc) is 1.90. The Morgan fingerprint density at radius 2 is 1.89 bits per heavy atom. The molecule has 0 heteroatoms. The van der Waals surface area contributed by atoms with Gasteiger partial charge in [0.1, 0.15) is 0 Å². The van der Waals surface area contributed by atoms with Crippen molar-refractivity contribution in [3.05, 3.63) is 42.3 Å². The highest BCUT2D eigenvalue weighted by atomic mass is 13.9. The van der Waals surface area contributed by atoms with Crippen LogP contribution in [0.5, 0.6) is 0 Å². The van der Waals surface area contributed by atoms with Crippen LogP contribution in [0, 0.1) is 6.92 Å². The SMILES string of the molecule is [CH2]c1ccc(CC)cc1.[H]. The van der Waals surface area contributed by atoms with Gasteiger partial charge in [-0.2, -0.15) is 0 Å². The van der Waals surface area contributed by atoms with Crippen molar-refractivity contribution in [2.75, 3.05) is 0 Å². The van der Waals surface area contributed by atoms with E-state index in [0.29, 0.717) is 0 Å². The van der Waals surface area contributed by atoms with Crippen LogP contribution >= 0.6 is 0 Å². The van der Waals surface area contributed by atoms with Crippen molar-refractivity contribution in [1.29, 1.82) is 0 Å². The first kappa shape index (κ1) is 6.34. The second-order valence-electron chi connectivity index (χ2n) is 2.17. The Balaban J connectivity index is 0.000000810. The van der Waals surface area contributed by atoms with Crippen LogP contribution in [0.4, 0.5) is 0 Å². The molecule has 0 saturated carbocycles. The van der Waals surface area contributed by atoms with E-state index in [4.69, 9.17) is 0 Å². The van der Waals surface area contributed by atoms with Gasteiger partial charge in [-0.3, -0.25) is 0 Å². The summed E-state index contributed by atoms with van der Waals surface area (Å²) in [6.07, 6.45) is 1.11. The van der Waals surface area contributed by atoms with E-state index in [0.717, 1.165) is 12.0 Å². The van der Waals surface area contributed by atoms with E-state index in [1.54, 1.807) is 0 Å². The molecule has 0 spiro atoms. The summed E-state index contributed by atoms with van der Waals surface area (Å²) in [5.74, 6) is 0. The van der Waals surface area contributed by atoms with Gasteiger partial charge >= 0.3 is 0 Å². The van der Waals surface area contributed by atoms with Crippen molar-refractivity contribution in [2.45, 2.75) is 13.3 Å². The third kappa shape index (κ3) is 1.56. The van der Waals surface area contributed by atoms with Gasteiger partial charge in [0.2, 0.25) is 0 Å². The molecule has 0 saturated heterocycles. The second-order valence-corrected chi connectivity index (χ2v) is 2.17. The fourth-order valence-corrected chi connectivity index (χ4v) is 0.775. The Morgan fingerprint density at radius 3 is 2.33 bits per heavy atom. The zero-order valence-corrected chi connectivity index (χ0v) is 5.72. The number of rotatable bonds is 1. The molecule has 0 aliphatic rings. The fraction of sp³-hybridized carbons (Fsp3) is 0.222. The van der Waals surface area contributed by atoms with Gasteiger partial charge in [0.25, 0.3) is 0 Å². The standard InChI is InChI=1S/C9H11.H/c1-3-9-6-4-8(2)5-7-9;/h4-7H,2-3H2,1H3;. The van der Waals surface area contributed by atoms with Gasteiger partial charge in [0.05, 0.1) is 0 Å².